The summed E-state index contributed by atoms with van der Waals surface area (Å²) in [4.78, 5) is 38.6. The molecule has 1 saturated heterocycles. The summed E-state index contributed by atoms with van der Waals surface area (Å²) in [5, 5.41) is 6.14. The summed E-state index contributed by atoms with van der Waals surface area (Å²) in [5.74, 6) is -2.41. The van der Waals surface area contributed by atoms with E-state index in [-0.39, 0.29) is 31.1 Å². The second kappa shape index (κ2) is 11.4. The maximum absolute atomic E-state index is 14.2. The van der Waals surface area contributed by atoms with Crippen LogP contribution in [-0.2, 0) is 19.6 Å². The smallest absolute Gasteiger partial charge is 0.287 e. The molecule has 4 rings (SSSR count). The van der Waals surface area contributed by atoms with Crippen molar-refractivity contribution < 1.29 is 31.6 Å². The van der Waals surface area contributed by atoms with Crippen molar-refractivity contribution in [2.45, 2.75) is 50.1 Å². The van der Waals surface area contributed by atoms with E-state index in [0.29, 0.717) is 12.0 Å². The van der Waals surface area contributed by atoms with Gasteiger partial charge in [-0.1, -0.05) is 44.2 Å². The van der Waals surface area contributed by atoms with Gasteiger partial charge in [0.15, 0.2) is 11.5 Å². The quantitative estimate of drug-likeness (QED) is 0.449. The van der Waals surface area contributed by atoms with Crippen LogP contribution >= 0.6 is 0 Å². The fourth-order valence-electron chi connectivity index (χ4n) is 4.45. The van der Waals surface area contributed by atoms with Gasteiger partial charge in [0, 0.05) is 11.9 Å². The minimum absolute atomic E-state index is 0.00693. The molecular weight excluding hydrogens is 513 g/mol. The zero-order valence-corrected chi connectivity index (χ0v) is 22.0. The zero-order valence-electron chi connectivity index (χ0n) is 21.1. The predicted octanol–water partition coefficient (Wildman–Crippen LogP) is 3.26. The van der Waals surface area contributed by atoms with Crippen molar-refractivity contribution in [1.29, 1.82) is 0 Å². The number of fused-ring (bicyclic) bond motifs is 1. The van der Waals surface area contributed by atoms with Gasteiger partial charge in [0.05, 0.1) is 12.6 Å². The first-order valence-corrected chi connectivity index (χ1v) is 13.9. The molecule has 1 aliphatic rings. The SMILES string of the molecule is CC(C)C[C@H](NC(=O)c1cc2ccccc2o1)C(=O)NC1CCCN(S(=O)(=O)c2ccccc2F)CC1=O. The molecule has 38 heavy (non-hydrogen) atoms. The van der Waals surface area contributed by atoms with Gasteiger partial charge in [-0.2, -0.15) is 4.31 Å². The molecule has 2 heterocycles. The van der Waals surface area contributed by atoms with Crippen LogP contribution in [0.3, 0.4) is 0 Å². The highest BCUT2D eigenvalue weighted by Crippen LogP contribution is 2.22. The third-order valence-corrected chi connectivity index (χ3v) is 8.25. The van der Waals surface area contributed by atoms with Gasteiger partial charge in [-0.3, -0.25) is 14.4 Å². The highest BCUT2D eigenvalue weighted by molar-refractivity contribution is 7.89. The number of nitrogens with one attached hydrogen (secondary N) is 2. The van der Waals surface area contributed by atoms with Crippen molar-refractivity contribution in [3.63, 3.8) is 0 Å². The fraction of sp³-hybridized carbons (Fsp3) is 0.370. The van der Waals surface area contributed by atoms with Gasteiger partial charge in [0.2, 0.25) is 15.9 Å². The van der Waals surface area contributed by atoms with E-state index >= 15 is 0 Å². The second-order valence-corrected chi connectivity index (χ2v) is 11.6. The van der Waals surface area contributed by atoms with Crippen LogP contribution in [0, 0.1) is 11.7 Å². The minimum Gasteiger partial charge on any atom is -0.451 e. The minimum atomic E-state index is -4.23. The molecule has 3 aromatic rings. The van der Waals surface area contributed by atoms with Crippen LogP contribution in [-0.4, -0.2) is 55.5 Å². The Morgan fingerprint density at radius 2 is 1.84 bits per heavy atom. The third kappa shape index (κ3) is 6.11. The Balaban J connectivity index is 1.45. The number of para-hydroxylation sites is 1. The molecule has 0 aliphatic carbocycles. The number of hydrogen-bond acceptors (Lipinski definition) is 6. The molecule has 2 N–H and O–H groups in total. The van der Waals surface area contributed by atoms with E-state index < -0.39 is 57.0 Å². The molecule has 9 nitrogen and oxygen atoms in total. The normalized spacial score (nSPS) is 17.8. The number of ketones is 1. The average Bonchev–Trinajstić information content (AvgIpc) is 3.22. The van der Waals surface area contributed by atoms with Gasteiger partial charge in [0.25, 0.3) is 5.91 Å². The van der Waals surface area contributed by atoms with E-state index in [2.05, 4.69) is 10.6 Å². The molecule has 1 aliphatic heterocycles. The maximum Gasteiger partial charge on any atom is 0.287 e. The Morgan fingerprint density at radius 3 is 2.55 bits per heavy atom. The first-order valence-electron chi connectivity index (χ1n) is 12.4. The Bertz CT molecular complexity index is 1420. The van der Waals surface area contributed by atoms with Crippen LogP contribution in [0.5, 0.6) is 0 Å². The number of sulfonamides is 1. The van der Waals surface area contributed by atoms with Gasteiger partial charge in [-0.15, -0.1) is 0 Å². The molecule has 0 radical (unpaired) electrons. The molecule has 11 heteroatoms. The lowest BCUT2D eigenvalue weighted by Gasteiger charge is -2.23. The number of benzene rings is 2. The van der Waals surface area contributed by atoms with Crippen LogP contribution in [0.1, 0.15) is 43.7 Å². The van der Waals surface area contributed by atoms with E-state index in [4.69, 9.17) is 4.42 Å². The lowest BCUT2D eigenvalue weighted by atomic mass is 10.0. The van der Waals surface area contributed by atoms with Gasteiger partial charge in [-0.25, -0.2) is 12.8 Å². The highest BCUT2D eigenvalue weighted by atomic mass is 32.2. The van der Waals surface area contributed by atoms with Crippen LogP contribution in [0.2, 0.25) is 0 Å². The molecule has 0 bridgehead atoms. The summed E-state index contributed by atoms with van der Waals surface area (Å²) in [6, 6.07) is 11.8. The average molecular weight is 544 g/mol. The van der Waals surface area contributed by atoms with E-state index in [1.54, 1.807) is 24.3 Å². The van der Waals surface area contributed by atoms with Crippen molar-refractivity contribution in [3.05, 3.63) is 66.2 Å². The number of carbonyl (C=O) groups excluding carboxylic acids is 3. The van der Waals surface area contributed by atoms with Gasteiger partial charge < -0.3 is 15.1 Å². The first-order chi connectivity index (χ1) is 18.1. The van der Waals surface area contributed by atoms with Crippen molar-refractivity contribution in [2.24, 2.45) is 5.92 Å². The molecule has 1 aromatic heterocycles. The lowest BCUT2D eigenvalue weighted by Crippen LogP contribution is -2.52. The predicted molar refractivity (Wildman–Crippen MR) is 138 cm³/mol. The van der Waals surface area contributed by atoms with Crippen molar-refractivity contribution >= 4 is 38.6 Å². The molecule has 2 amide bonds. The number of carbonyl (C=O) groups is 3. The van der Waals surface area contributed by atoms with E-state index in [9.17, 15) is 27.2 Å². The molecule has 0 saturated carbocycles. The molecule has 2 aromatic carbocycles. The summed E-state index contributed by atoms with van der Waals surface area (Å²) < 4.78 is 46.7. The summed E-state index contributed by atoms with van der Waals surface area (Å²) in [6.07, 6.45) is 0.802. The topological polar surface area (TPSA) is 126 Å². The van der Waals surface area contributed by atoms with Crippen molar-refractivity contribution in [2.75, 3.05) is 13.1 Å². The number of amides is 2. The lowest BCUT2D eigenvalue weighted by molar-refractivity contribution is -0.129. The molecule has 0 spiro atoms. The summed E-state index contributed by atoms with van der Waals surface area (Å²) in [5.41, 5.74) is 0.543. The van der Waals surface area contributed by atoms with Crippen molar-refractivity contribution in [3.8, 4) is 0 Å². The van der Waals surface area contributed by atoms with Gasteiger partial charge >= 0.3 is 0 Å². The van der Waals surface area contributed by atoms with Crippen molar-refractivity contribution in [1.82, 2.24) is 14.9 Å². The third-order valence-electron chi connectivity index (χ3n) is 6.37. The van der Waals surface area contributed by atoms with E-state index in [0.717, 1.165) is 21.8 Å². The van der Waals surface area contributed by atoms with E-state index in [1.807, 2.05) is 19.9 Å². The number of halogens is 1. The Morgan fingerprint density at radius 1 is 1.13 bits per heavy atom. The second-order valence-electron chi connectivity index (χ2n) is 9.74. The Labute approximate surface area is 220 Å². The zero-order chi connectivity index (χ0) is 27.4. The highest BCUT2D eigenvalue weighted by Gasteiger charge is 2.35. The number of hydrogen-bond donors (Lipinski definition) is 2. The summed E-state index contributed by atoms with van der Waals surface area (Å²) >= 11 is 0. The van der Waals surface area contributed by atoms with Crippen LogP contribution in [0.15, 0.2) is 63.9 Å². The molecular formula is C27H30FN3O6S. The Kier molecular flexibility index (Phi) is 8.27. The fourth-order valence-corrected chi connectivity index (χ4v) is 5.95. The molecule has 1 unspecified atom stereocenters. The van der Waals surface area contributed by atoms with Crippen LogP contribution in [0.25, 0.3) is 11.0 Å². The molecule has 1 fully saturated rings. The maximum atomic E-state index is 14.2. The standard InChI is InChI=1S/C27H30FN3O6S/c1-17(2)14-21(30-27(34)24-15-18-8-3-5-11-23(18)37-24)26(33)29-20-10-7-13-31(16-22(20)32)38(35,36)25-12-6-4-9-19(25)28/h3-6,8-9,11-12,15,17,20-21H,7,10,13-14,16H2,1-2H3,(H,29,33)(H,30,34)/t20?,21-/m0/s1. The van der Waals surface area contributed by atoms with Gasteiger partial charge in [-0.05, 0) is 49.4 Å². The number of Topliss-reactive ketones (excluding diaryl/α,β-unsaturated/α-hetero) is 1. The summed E-state index contributed by atoms with van der Waals surface area (Å²) in [6.45, 7) is 3.31. The largest absolute Gasteiger partial charge is 0.451 e. The molecule has 202 valence electrons. The van der Waals surface area contributed by atoms with Gasteiger partial charge in [0.1, 0.15) is 22.3 Å². The first kappa shape index (κ1) is 27.5. The Hall–Kier alpha value is -3.57. The molecule has 2 atom stereocenters. The van der Waals surface area contributed by atoms with Crippen LogP contribution in [0.4, 0.5) is 4.39 Å². The van der Waals surface area contributed by atoms with Crippen LogP contribution < -0.4 is 10.6 Å². The number of nitrogens with zero attached hydrogens (tertiary/aromatic N) is 1. The number of furan rings is 1. The summed E-state index contributed by atoms with van der Waals surface area (Å²) in [7, 11) is -4.23. The van der Waals surface area contributed by atoms with E-state index in [1.165, 1.54) is 12.1 Å². The number of rotatable bonds is 8. The monoisotopic (exact) mass is 543 g/mol.